The van der Waals surface area contributed by atoms with Gasteiger partial charge in [-0.1, -0.05) is 6.07 Å². The average molecular weight is 159 g/mol. The van der Waals surface area contributed by atoms with Crippen molar-refractivity contribution in [3.63, 3.8) is 0 Å². The highest BCUT2D eigenvalue weighted by Gasteiger charge is 1.88. The van der Waals surface area contributed by atoms with Crippen LogP contribution in [-0.4, -0.2) is 10.8 Å². The lowest BCUT2D eigenvalue weighted by Gasteiger charge is -1.90. The van der Waals surface area contributed by atoms with E-state index in [1.54, 1.807) is 6.07 Å². The van der Waals surface area contributed by atoms with Crippen LogP contribution in [0.3, 0.4) is 0 Å². The Bertz CT molecular complexity index is 358. The van der Waals surface area contributed by atoms with Gasteiger partial charge < -0.3 is 0 Å². The molecule has 2 nitrogen and oxygen atoms in total. The van der Waals surface area contributed by atoms with Gasteiger partial charge in [-0.05, 0) is 30.9 Å². The summed E-state index contributed by atoms with van der Waals surface area (Å²) in [6.45, 7) is 3.32. The van der Waals surface area contributed by atoms with Crippen LogP contribution in [0.15, 0.2) is 18.2 Å². The first-order valence-electron chi connectivity index (χ1n) is 3.65. The van der Waals surface area contributed by atoms with Crippen molar-refractivity contribution in [1.29, 1.82) is 0 Å². The second kappa shape index (κ2) is 3.68. The van der Waals surface area contributed by atoms with Crippen molar-refractivity contribution in [3.05, 3.63) is 29.6 Å². The Morgan fingerprint density at radius 1 is 1.50 bits per heavy atom. The van der Waals surface area contributed by atoms with Gasteiger partial charge >= 0.3 is 0 Å². The van der Waals surface area contributed by atoms with E-state index in [1.165, 1.54) is 6.92 Å². The minimum Gasteiger partial charge on any atom is -0.285 e. The van der Waals surface area contributed by atoms with Crippen LogP contribution < -0.4 is 0 Å². The van der Waals surface area contributed by atoms with Crippen molar-refractivity contribution >= 4 is 5.78 Å². The van der Waals surface area contributed by atoms with Crippen molar-refractivity contribution in [2.45, 2.75) is 13.8 Å². The van der Waals surface area contributed by atoms with Crippen molar-refractivity contribution < 1.29 is 4.79 Å². The zero-order valence-corrected chi connectivity index (χ0v) is 7.09. The fourth-order valence-corrected chi connectivity index (χ4v) is 0.765. The van der Waals surface area contributed by atoms with E-state index in [9.17, 15) is 4.79 Å². The smallest absolute Gasteiger partial charge is 0.202 e. The Morgan fingerprint density at radius 2 is 2.25 bits per heavy atom. The third-order valence-corrected chi connectivity index (χ3v) is 1.25. The number of Topliss-reactive ketones (excluding diaryl/α,β-unsaturated/α-hetero) is 1. The minimum atomic E-state index is -0.140. The SMILES string of the molecule is CC(=O)C#Cc1cccc(C)n1. The fourth-order valence-electron chi connectivity index (χ4n) is 0.765. The Labute approximate surface area is 71.6 Å². The maximum atomic E-state index is 10.5. The van der Waals surface area contributed by atoms with E-state index in [1.807, 2.05) is 19.1 Å². The van der Waals surface area contributed by atoms with Crippen LogP contribution in [0.25, 0.3) is 0 Å². The van der Waals surface area contributed by atoms with Crippen molar-refractivity contribution in [3.8, 4) is 11.8 Å². The van der Waals surface area contributed by atoms with E-state index in [-0.39, 0.29) is 5.78 Å². The molecule has 1 heterocycles. The fraction of sp³-hybridized carbons (Fsp3) is 0.200. The van der Waals surface area contributed by atoms with E-state index in [4.69, 9.17) is 0 Å². The van der Waals surface area contributed by atoms with Crippen LogP contribution in [-0.2, 0) is 4.79 Å². The summed E-state index contributed by atoms with van der Waals surface area (Å²) < 4.78 is 0. The summed E-state index contributed by atoms with van der Waals surface area (Å²) >= 11 is 0. The summed E-state index contributed by atoms with van der Waals surface area (Å²) in [6.07, 6.45) is 0. The molecule has 0 aromatic carbocycles. The first kappa shape index (κ1) is 8.48. The molecule has 60 valence electrons. The molecule has 12 heavy (non-hydrogen) atoms. The van der Waals surface area contributed by atoms with Gasteiger partial charge in [0.2, 0.25) is 5.78 Å². The van der Waals surface area contributed by atoms with Gasteiger partial charge in [-0.25, -0.2) is 4.98 Å². The van der Waals surface area contributed by atoms with Crippen LogP contribution in [0, 0.1) is 18.8 Å². The van der Waals surface area contributed by atoms with Gasteiger partial charge in [0.1, 0.15) is 5.69 Å². The third-order valence-electron chi connectivity index (χ3n) is 1.25. The summed E-state index contributed by atoms with van der Waals surface area (Å²) in [5.41, 5.74) is 1.55. The zero-order chi connectivity index (χ0) is 8.97. The Morgan fingerprint density at radius 3 is 2.83 bits per heavy atom. The number of ketones is 1. The molecule has 1 aromatic heterocycles. The summed E-state index contributed by atoms with van der Waals surface area (Å²) in [7, 11) is 0. The molecule has 1 rings (SSSR count). The number of rotatable bonds is 0. The number of carbonyl (C=O) groups excluding carboxylic acids is 1. The molecule has 0 spiro atoms. The molecule has 0 aliphatic rings. The molecule has 0 N–H and O–H groups in total. The van der Waals surface area contributed by atoms with E-state index < -0.39 is 0 Å². The molecular weight excluding hydrogens is 150 g/mol. The zero-order valence-electron chi connectivity index (χ0n) is 7.09. The number of aromatic nitrogens is 1. The molecular formula is C10H9NO. The van der Waals surface area contributed by atoms with Crippen LogP contribution in [0.4, 0.5) is 0 Å². The van der Waals surface area contributed by atoms with Gasteiger partial charge in [0.15, 0.2) is 0 Å². The van der Waals surface area contributed by atoms with Gasteiger partial charge in [-0.2, -0.15) is 0 Å². The van der Waals surface area contributed by atoms with E-state index in [0.717, 1.165) is 5.69 Å². The molecule has 0 radical (unpaired) electrons. The number of nitrogens with zero attached hydrogens (tertiary/aromatic N) is 1. The maximum absolute atomic E-state index is 10.5. The van der Waals surface area contributed by atoms with Gasteiger partial charge in [0.25, 0.3) is 0 Å². The standard InChI is InChI=1S/C10H9NO/c1-8-4-3-5-10(11-8)7-6-9(2)12/h3-5H,1-2H3. The average Bonchev–Trinajstić information content (AvgIpc) is 2.01. The molecule has 0 unspecified atom stereocenters. The van der Waals surface area contributed by atoms with Gasteiger partial charge in [0, 0.05) is 12.6 Å². The van der Waals surface area contributed by atoms with Crippen molar-refractivity contribution in [1.82, 2.24) is 4.98 Å². The Hall–Kier alpha value is -1.62. The number of hydrogen-bond acceptors (Lipinski definition) is 2. The summed E-state index contributed by atoms with van der Waals surface area (Å²) in [6, 6.07) is 5.54. The first-order chi connectivity index (χ1) is 5.68. The quantitative estimate of drug-likeness (QED) is 0.534. The van der Waals surface area contributed by atoms with E-state index >= 15 is 0 Å². The minimum absolute atomic E-state index is 0.140. The number of carbonyl (C=O) groups is 1. The molecule has 0 fully saturated rings. The van der Waals surface area contributed by atoms with Gasteiger partial charge in [-0.3, -0.25) is 4.79 Å². The largest absolute Gasteiger partial charge is 0.285 e. The summed E-state index contributed by atoms with van der Waals surface area (Å²) in [5.74, 6) is 4.97. The molecule has 1 aromatic rings. The lowest BCUT2D eigenvalue weighted by Crippen LogP contribution is -1.86. The van der Waals surface area contributed by atoms with Crippen LogP contribution in [0.2, 0.25) is 0 Å². The van der Waals surface area contributed by atoms with Gasteiger partial charge in [-0.15, -0.1) is 0 Å². The summed E-state index contributed by atoms with van der Waals surface area (Å²) in [4.78, 5) is 14.6. The number of pyridine rings is 1. The number of hydrogen-bond donors (Lipinski definition) is 0. The van der Waals surface area contributed by atoms with Crippen molar-refractivity contribution in [2.75, 3.05) is 0 Å². The van der Waals surface area contributed by atoms with Crippen LogP contribution >= 0.6 is 0 Å². The van der Waals surface area contributed by atoms with Crippen molar-refractivity contribution in [2.24, 2.45) is 0 Å². The monoisotopic (exact) mass is 159 g/mol. The molecule has 0 atom stereocenters. The highest BCUT2D eigenvalue weighted by atomic mass is 16.1. The molecule has 0 amide bonds. The molecule has 0 aliphatic carbocycles. The van der Waals surface area contributed by atoms with Crippen LogP contribution in [0.5, 0.6) is 0 Å². The topological polar surface area (TPSA) is 30.0 Å². The second-order valence-electron chi connectivity index (χ2n) is 2.47. The highest BCUT2D eigenvalue weighted by molar-refractivity contribution is 5.93. The van der Waals surface area contributed by atoms with E-state index in [0.29, 0.717) is 5.69 Å². The Kier molecular flexibility index (Phi) is 2.60. The van der Waals surface area contributed by atoms with Gasteiger partial charge in [0.05, 0.1) is 0 Å². The van der Waals surface area contributed by atoms with Crippen LogP contribution in [0.1, 0.15) is 18.3 Å². The predicted molar refractivity (Wildman–Crippen MR) is 46.5 cm³/mol. The summed E-state index contributed by atoms with van der Waals surface area (Å²) in [5, 5.41) is 0. The normalized spacial score (nSPS) is 8.50. The first-order valence-corrected chi connectivity index (χ1v) is 3.65. The molecule has 0 saturated carbocycles. The van der Waals surface area contributed by atoms with E-state index in [2.05, 4.69) is 16.8 Å². The lowest BCUT2D eigenvalue weighted by molar-refractivity contribution is -0.111. The molecule has 0 bridgehead atoms. The predicted octanol–water partition coefficient (Wildman–Crippen LogP) is 1.33. The molecule has 0 aliphatic heterocycles. The highest BCUT2D eigenvalue weighted by Crippen LogP contribution is 1.95. The number of aryl methyl sites for hydroxylation is 1. The Balaban J connectivity index is 2.92. The molecule has 0 saturated heterocycles. The lowest BCUT2D eigenvalue weighted by atomic mass is 10.3. The maximum Gasteiger partial charge on any atom is 0.202 e. The second-order valence-corrected chi connectivity index (χ2v) is 2.47. The third kappa shape index (κ3) is 2.55. The molecule has 2 heteroatoms.